The number of carbonyl (C=O) groups is 1. The molecule has 1 unspecified atom stereocenters. The van der Waals surface area contributed by atoms with E-state index in [1.165, 1.54) is 0 Å². The number of nitrogens with one attached hydrogen (secondary N) is 1. The van der Waals surface area contributed by atoms with E-state index in [0.717, 1.165) is 26.2 Å². The lowest BCUT2D eigenvalue weighted by Crippen LogP contribution is -2.52. The van der Waals surface area contributed by atoms with Crippen molar-refractivity contribution in [3.05, 3.63) is 17.8 Å². The third-order valence-electron chi connectivity index (χ3n) is 3.42. The summed E-state index contributed by atoms with van der Waals surface area (Å²) in [5.41, 5.74) is 5.29. The van der Waals surface area contributed by atoms with E-state index in [-0.39, 0.29) is 5.69 Å². The summed E-state index contributed by atoms with van der Waals surface area (Å²) in [6, 6.07) is 3.74. The van der Waals surface area contributed by atoms with Crippen LogP contribution in [0.4, 0.5) is 5.82 Å². The molecule has 1 saturated heterocycles. The molecule has 2 rings (SSSR count). The molecule has 1 aromatic rings. The van der Waals surface area contributed by atoms with Crippen LogP contribution in [0, 0.1) is 0 Å². The van der Waals surface area contributed by atoms with Crippen LogP contribution in [0.25, 0.3) is 0 Å². The van der Waals surface area contributed by atoms with E-state index in [4.69, 9.17) is 5.73 Å². The fraction of sp³-hybridized carbons (Fsp3) is 0.583. The van der Waals surface area contributed by atoms with Gasteiger partial charge in [-0.25, -0.2) is 0 Å². The Kier molecular flexibility index (Phi) is 4.28. The maximum atomic E-state index is 10.9. The highest BCUT2D eigenvalue weighted by Crippen LogP contribution is 2.08. The van der Waals surface area contributed by atoms with Gasteiger partial charge in [-0.05, 0) is 26.2 Å². The van der Waals surface area contributed by atoms with E-state index in [0.29, 0.717) is 11.9 Å². The van der Waals surface area contributed by atoms with Gasteiger partial charge in [-0.3, -0.25) is 9.69 Å². The number of likely N-dealkylation sites (N-methyl/N-ethyl adjacent to an activating group) is 2. The van der Waals surface area contributed by atoms with E-state index in [2.05, 4.69) is 39.4 Å². The van der Waals surface area contributed by atoms with Crippen LogP contribution in [0.15, 0.2) is 12.1 Å². The molecule has 0 spiro atoms. The Morgan fingerprint density at radius 1 is 1.42 bits per heavy atom. The zero-order valence-corrected chi connectivity index (χ0v) is 11.3. The number of amides is 1. The predicted molar refractivity (Wildman–Crippen MR) is 73.0 cm³/mol. The Hall–Kier alpha value is -1.73. The average molecular weight is 264 g/mol. The second-order valence-corrected chi connectivity index (χ2v) is 4.95. The van der Waals surface area contributed by atoms with Crippen LogP contribution in [0.1, 0.15) is 10.5 Å². The molecule has 1 amide bonds. The van der Waals surface area contributed by atoms with Gasteiger partial charge in [0.25, 0.3) is 5.91 Å². The number of piperazine rings is 1. The van der Waals surface area contributed by atoms with Gasteiger partial charge in [-0.1, -0.05) is 0 Å². The molecule has 0 aromatic carbocycles. The molecule has 0 radical (unpaired) electrons. The summed E-state index contributed by atoms with van der Waals surface area (Å²) < 4.78 is 0. The Balaban J connectivity index is 1.89. The van der Waals surface area contributed by atoms with Crippen molar-refractivity contribution in [1.29, 1.82) is 0 Å². The van der Waals surface area contributed by atoms with Crippen LogP contribution in [0.2, 0.25) is 0 Å². The van der Waals surface area contributed by atoms with Crippen molar-refractivity contribution in [3.63, 3.8) is 0 Å². The van der Waals surface area contributed by atoms with E-state index < -0.39 is 5.91 Å². The number of anilines is 1. The predicted octanol–water partition coefficient (Wildman–Crippen LogP) is -0.767. The van der Waals surface area contributed by atoms with Gasteiger partial charge < -0.3 is 16.0 Å². The maximum Gasteiger partial charge on any atom is 0.269 e. The van der Waals surface area contributed by atoms with Crippen molar-refractivity contribution in [2.75, 3.05) is 45.6 Å². The largest absolute Gasteiger partial charge is 0.367 e. The minimum Gasteiger partial charge on any atom is -0.367 e. The molecule has 0 bridgehead atoms. The molecular formula is C12H20N6O. The summed E-state index contributed by atoms with van der Waals surface area (Å²) in [6.07, 6.45) is 0. The van der Waals surface area contributed by atoms with Crippen LogP contribution in [0.5, 0.6) is 0 Å². The Bertz CT molecular complexity index is 434. The third kappa shape index (κ3) is 3.62. The van der Waals surface area contributed by atoms with Crippen LogP contribution in [-0.2, 0) is 0 Å². The minimum absolute atomic E-state index is 0.181. The molecular weight excluding hydrogens is 244 g/mol. The SMILES string of the molecule is CN1CCN(C)C(CNc2ccc(C(N)=O)nn2)C1. The monoisotopic (exact) mass is 264 g/mol. The third-order valence-corrected chi connectivity index (χ3v) is 3.42. The lowest BCUT2D eigenvalue weighted by molar-refractivity contribution is 0.0994. The number of hydrogen-bond donors (Lipinski definition) is 2. The first-order valence-corrected chi connectivity index (χ1v) is 6.32. The van der Waals surface area contributed by atoms with E-state index >= 15 is 0 Å². The van der Waals surface area contributed by atoms with Crippen molar-refractivity contribution in [3.8, 4) is 0 Å². The molecule has 0 saturated carbocycles. The lowest BCUT2D eigenvalue weighted by atomic mass is 10.2. The zero-order chi connectivity index (χ0) is 13.8. The van der Waals surface area contributed by atoms with Gasteiger partial charge in [0.05, 0.1) is 0 Å². The summed E-state index contributed by atoms with van der Waals surface area (Å²) in [5.74, 6) is 0.0966. The number of hydrogen-bond acceptors (Lipinski definition) is 6. The number of carbonyl (C=O) groups excluding carboxylic acids is 1. The molecule has 104 valence electrons. The van der Waals surface area contributed by atoms with Crippen molar-refractivity contribution in [2.24, 2.45) is 5.73 Å². The highest BCUT2D eigenvalue weighted by molar-refractivity contribution is 5.90. The summed E-state index contributed by atoms with van der Waals surface area (Å²) in [5, 5.41) is 10.9. The molecule has 0 aliphatic carbocycles. The molecule has 1 fully saturated rings. The smallest absolute Gasteiger partial charge is 0.269 e. The number of nitrogens with zero attached hydrogens (tertiary/aromatic N) is 4. The normalized spacial score (nSPS) is 21.3. The van der Waals surface area contributed by atoms with E-state index in [9.17, 15) is 4.79 Å². The number of rotatable bonds is 4. The molecule has 2 heterocycles. The number of nitrogens with two attached hydrogens (primary N) is 1. The number of primary amides is 1. The van der Waals surface area contributed by atoms with Gasteiger partial charge in [0, 0.05) is 32.2 Å². The van der Waals surface area contributed by atoms with Gasteiger partial charge in [-0.15, -0.1) is 10.2 Å². The first-order valence-electron chi connectivity index (χ1n) is 6.32. The summed E-state index contributed by atoms with van der Waals surface area (Å²) in [6.45, 7) is 3.98. The first kappa shape index (κ1) is 13.7. The second-order valence-electron chi connectivity index (χ2n) is 4.95. The molecule has 7 nitrogen and oxygen atoms in total. The minimum atomic E-state index is -0.562. The molecule has 1 aromatic heterocycles. The van der Waals surface area contributed by atoms with Gasteiger partial charge in [0.1, 0.15) is 5.82 Å². The Morgan fingerprint density at radius 2 is 2.21 bits per heavy atom. The lowest BCUT2D eigenvalue weighted by Gasteiger charge is -2.37. The average Bonchev–Trinajstić information content (AvgIpc) is 2.40. The topological polar surface area (TPSA) is 87.4 Å². The maximum absolute atomic E-state index is 10.9. The molecule has 19 heavy (non-hydrogen) atoms. The van der Waals surface area contributed by atoms with Gasteiger partial charge in [0.15, 0.2) is 5.69 Å². The Morgan fingerprint density at radius 3 is 2.84 bits per heavy atom. The van der Waals surface area contributed by atoms with Crippen LogP contribution >= 0.6 is 0 Å². The van der Waals surface area contributed by atoms with E-state index in [1.54, 1.807) is 12.1 Å². The van der Waals surface area contributed by atoms with Crippen LogP contribution in [-0.4, -0.2) is 72.2 Å². The summed E-state index contributed by atoms with van der Waals surface area (Å²) >= 11 is 0. The van der Waals surface area contributed by atoms with E-state index in [1.807, 2.05) is 0 Å². The van der Waals surface area contributed by atoms with Crippen molar-refractivity contribution < 1.29 is 4.79 Å². The van der Waals surface area contributed by atoms with Gasteiger partial charge in [0.2, 0.25) is 0 Å². The molecule has 1 aliphatic heterocycles. The fourth-order valence-corrected chi connectivity index (χ4v) is 2.10. The molecule has 1 aliphatic rings. The van der Waals surface area contributed by atoms with Crippen molar-refractivity contribution in [2.45, 2.75) is 6.04 Å². The fourth-order valence-electron chi connectivity index (χ4n) is 2.10. The molecule has 1 atom stereocenters. The molecule has 7 heteroatoms. The van der Waals surface area contributed by atoms with Gasteiger partial charge in [-0.2, -0.15) is 0 Å². The van der Waals surface area contributed by atoms with Gasteiger partial charge >= 0.3 is 0 Å². The Labute approximate surface area is 112 Å². The van der Waals surface area contributed by atoms with Crippen molar-refractivity contribution in [1.82, 2.24) is 20.0 Å². The summed E-state index contributed by atoms with van der Waals surface area (Å²) in [7, 11) is 4.25. The van der Waals surface area contributed by atoms with Crippen LogP contribution < -0.4 is 11.1 Å². The highest BCUT2D eigenvalue weighted by Gasteiger charge is 2.21. The quantitative estimate of drug-likeness (QED) is 0.743. The first-order chi connectivity index (χ1) is 9.06. The van der Waals surface area contributed by atoms with Crippen molar-refractivity contribution >= 4 is 11.7 Å². The highest BCUT2D eigenvalue weighted by atomic mass is 16.1. The standard InChI is InChI=1S/C12H20N6O/c1-17-5-6-18(2)9(8-17)7-14-11-4-3-10(12(13)19)15-16-11/h3-4,9H,5-8H2,1-2H3,(H2,13,19)(H,14,16). The second kappa shape index (κ2) is 5.94. The number of aromatic nitrogens is 2. The molecule has 3 N–H and O–H groups in total. The zero-order valence-electron chi connectivity index (χ0n) is 11.3. The van der Waals surface area contributed by atoms with Crippen LogP contribution in [0.3, 0.4) is 0 Å². The summed E-state index contributed by atoms with van der Waals surface area (Å²) in [4.78, 5) is 15.5.